The Morgan fingerprint density at radius 2 is 1.86 bits per heavy atom. The Morgan fingerprint density at radius 1 is 1.14 bits per heavy atom. The zero-order valence-corrected chi connectivity index (χ0v) is 12.8. The van der Waals surface area contributed by atoms with Crippen LogP contribution in [0.3, 0.4) is 0 Å². The maximum atomic E-state index is 5.45. The molecule has 1 atom stereocenters. The molecule has 2 rings (SSSR count). The first kappa shape index (κ1) is 15.7. The third kappa shape index (κ3) is 3.69. The smallest absolute Gasteiger partial charge is 0.177 e. The maximum absolute atomic E-state index is 5.45. The van der Waals surface area contributed by atoms with E-state index in [-0.39, 0.29) is 12.3 Å². The maximum Gasteiger partial charge on any atom is 0.177 e. The number of hydrogen-bond donors (Lipinski definition) is 1. The van der Waals surface area contributed by atoms with Crippen molar-refractivity contribution in [3.8, 4) is 5.69 Å². The zero-order valence-electron chi connectivity index (χ0n) is 12.8. The topological polar surface area (TPSA) is 48.3 Å². The lowest BCUT2D eigenvalue weighted by molar-refractivity contribution is -0.125. The Morgan fingerprint density at radius 3 is 2.48 bits per heavy atom. The van der Waals surface area contributed by atoms with Crippen molar-refractivity contribution in [3.05, 3.63) is 48.3 Å². The summed E-state index contributed by atoms with van der Waals surface area (Å²) in [5.41, 5.74) is 2.04. The summed E-state index contributed by atoms with van der Waals surface area (Å²) in [6.07, 6.45) is 2.47. The molecule has 0 bridgehead atoms. The Labute approximate surface area is 125 Å². The van der Waals surface area contributed by atoms with Gasteiger partial charge in [0, 0.05) is 20.4 Å². The predicted octanol–water partition coefficient (Wildman–Crippen LogP) is 2.53. The van der Waals surface area contributed by atoms with Crippen LogP contribution in [0.5, 0.6) is 0 Å². The highest BCUT2D eigenvalue weighted by Gasteiger charge is 2.25. The lowest BCUT2D eigenvalue weighted by Crippen LogP contribution is -2.36. The summed E-state index contributed by atoms with van der Waals surface area (Å²) in [4.78, 5) is 0. The van der Waals surface area contributed by atoms with E-state index in [4.69, 9.17) is 9.47 Å². The first-order valence-electron chi connectivity index (χ1n) is 7.20. The van der Waals surface area contributed by atoms with Crippen molar-refractivity contribution >= 4 is 0 Å². The molecule has 0 amide bonds. The van der Waals surface area contributed by atoms with E-state index in [2.05, 4.69) is 17.3 Å². The van der Waals surface area contributed by atoms with Crippen molar-refractivity contribution in [2.75, 3.05) is 20.8 Å². The van der Waals surface area contributed by atoms with E-state index in [0.29, 0.717) is 0 Å². The molecular weight excluding hydrogens is 266 g/mol. The fraction of sp³-hybridized carbons (Fsp3) is 0.438. The molecule has 0 fully saturated rings. The average Bonchev–Trinajstić information content (AvgIpc) is 3.01. The van der Waals surface area contributed by atoms with Crippen molar-refractivity contribution in [2.45, 2.75) is 25.7 Å². The van der Waals surface area contributed by atoms with Crippen LogP contribution in [-0.4, -0.2) is 36.8 Å². The van der Waals surface area contributed by atoms with Crippen LogP contribution in [0, 0.1) is 0 Å². The van der Waals surface area contributed by atoms with Crippen LogP contribution < -0.4 is 5.32 Å². The molecule has 1 N–H and O–H groups in total. The molecule has 0 aliphatic carbocycles. The monoisotopic (exact) mass is 289 g/mol. The van der Waals surface area contributed by atoms with Crippen molar-refractivity contribution in [1.29, 1.82) is 0 Å². The molecule has 114 valence electrons. The molecule has 1 unspecified atom stereocenters. The highest BCUT2D eigenvalue weighted by Crippen LogP contribution is 2.22. The van der Waals surface area contributed by atoms with Gasteiger partial charge < -0.3 is 14.8 Å². The molecule has 0 saturated carbocycles. The summed E-state index contributed by atoms with van der Waals surface area (Å²) in [6, 6.07) is 12.0. The van der Waals surface area contributed by atoms with Gasteiger partial charge >= 0.3 is 0 Å². The van der Waals surface area contributed by atoms with Crippen LogP contribution in [0.4, 0.5) is 0 Å². The second-order valence-corrected chi connectivity index (χ2v) is 4.78. The van der Waals surface area contributed by atoms with Crippen LogP contribution in [0.15, 0.2) is 42.6 Å². The summed E-state index contributed by atoms with van der Waals surface area (Å²) in [6.45, 7) is 3.01. The molecule has 0 aliphatic heterocycles. The summed E-state index contributed by atoms with van der Waals surface area (Å²) >= 11 is 0. The molecule has 5 nitrogen and oxygen atoms in total. The first-order valence-corrected chi connectivity index (χ1v) is 7.20. The van der Waals surface area contributed by atoms with Gasteiger partial charge in [0.1, 0.15) is 6.04 Å². The second-order valence-electron chi connectivity index (χ2n) is 4.78. The van der Waals surface area contributed by atoms with Gasteiger partial charge in [0.05, 0.1) is 11.4 Å². The number of ether oxygens (including phenoxy) is 2. The number of rotatable bonds is 8. The zero-order chi connectivity index (χ0) is 15.1. The third-order valence-corrected chi connectivity index (χ3v) is 3.34. The standard InChI is InChI=1S/C16H23N3O2/c1-4-11-17-15(16(20-2)21-3)14-10-12-18-19(14)13-8-6-5-7-9-13/h5-10,12,15-17H,4,11H2,1-3H3. The van der Waals surface area contributed by atoms with E-state index >= 15 is 0 Å². The fourth-order valence-corrected chi connectivity index (χ4v) is 2.34. The van der Waals surface area contributed by atoms with Crippen LogP contribution >= 0.6 is 0 Å². The normalized spacial score (nSPS) is 12.8. The Kier molecular flexibility index (Phi) is 5.92. The molecule has 2 aromatic rings. The summed E-state index contributed by atoms with van der Waals surface area (Å²) in [7, 11) is 3.30. The lowest BCUT2D eigenvalue weighted by atomic mass is 10.1. The lowest BCUT2D eigenvalue weighted by Gasteiger charge is -2.26. The molecule has 0 spiro atoms. The van der Waals surface area contributed by atoms with E-state index in [1.54, 1.807) is 20.4 Å². The molecule has 5 heteroatoms. The van der Waals surface area contributed by atoms with Crippen LogP contribution in [-0.2, 0) is 9.47 Å². The molecule has 21 heavy (non-hydrogen) atoms. The summed E-state index contributed by atoms with van der Waals surface area (Å²) in [5.74, 6) is 0. The first-order chi connectivity index (χ1) is 10.3. The number of para-hydroxylation sites is 1. The van der Waals surface area contributed by atoms with E-state index in [0.717, 1.165) is 24.3 Å². The quantitative estimate of drug-likeness (QED) is 0.759. The van der Waals surface area contributed by atoms with E-state index in [9.17, 15) is 0 Å². The van der Waals surface area contributed by atoms with Crippen LogP contribution in [0.2, 0.25) is 0 Å². The van der Waals surface area contributed by atoms with Gasteiger partial charge in [-0.25, -0.2) is 4.68 Å². The summed E-state index contributed by atoms with van der Waals surface area (Å²) < 4.78 is 12.8. The Hall–Kier alpha value is -1.69. The largest absolute Gasteiger partial charge is 0.354 e. The van der Waals surface area contributed by atoms with Crippen molar-refractivity contribution in [2.24, 2.45) is 0 Å². The predicted molar refractivity (Wildman–Crippen MR) is 82.4 cm³/mol. The molecule has 0 saturated heterocycles. The van der Waals surface area contributed by atoms with Gasteiger partial charge in [-0.15, -0.1) is 0 Å². The number of benzene rings is 1. The third-order valence-electron chi connectivity index (χ3n) is 3.34. The number of hydrogen-bond acceptors (Lipinski definition) is 4. The summed E-state index contributed by atoms with van der Waals surface area (Å²) in [5, 5.41) is 7.91. The van der Waals surface area contributed by atoms with E-state index in [1.807, 2.05) is 41.1 Å². The molecule has 1 aromatic heterocycles. The van der Waals surface area contributed by atoms with Gasteiger partial charge in [-0.1, -0.05) is 25.1 Å². The number of aromatic nitrogens is 2. The minimum Gasteiger partial charge on any atom is -0.354 e. The Bertz CT molecular complexity index is 523. The second kappa shape index (κ2) is 7.93. The van der Waals surface area contributed by atoms with Gasteiger partial charge in [0.15, 0.2) is 6.29 Å². The van der Waals surface area contributed by atoms with Crippen molar-refractivity contribution in [3.63, 3.8) is 0 Å². The molecule has 0 aliphatic rings. The van der Waals surface area contributed by atoms with Crippen molar-refractivity contribution in [1.82, 2.24) is 15.1 Å². The highest BCUT2D eigenvalue weighted by atomic mass is 16.7. The highest BCUT2D eigenvalue weighted by molar-refractivity contribution is 5.33. The van der Waals surface area contributed by atoms with Crippen LogP contribution in [0.25, 0.3) is 5.69 Å². The van der Waals surface area contributed by atoms with Gasteiger partial charge in [0.2, 0.25) is 0 Å². The molecule has 1 aromatic carbocycles. The number of methoxy groups -OCH3 is 2. The Balaban J connectivity index is 2.34. The fourth-order valence-electron chi connectivity index (χ4n) is 2.34. The molecule has 1 heterocycles. The van der Waals surface area contributed by atoms with Crippen LogP contribution in [0.1, 0.15) is 25.1 Å². The number of nitrogens with zero attached hydrogens (tertiary/aromatic N) is 2. The van der Waals surface area contributed by atoms with Gasteiger partial charge in [-0.05, 0) is 31.2 Å². The minimum atomic E-state index is -0.365. The minimum absolute atomic E-state index is 0.0809. The van der Waals surface area contributed by atoms with Crippen molar-refractivity contribution < 1.29 is 9.47 Å². The van der Waals surface area contributed by atoms with Gasteiger partial charge in [0.25, 0.3) is 0 Å². The van der Waals surface area contributed by atoms with E-state index in [1.165, 1.54) is 0 Å². The molecular formula is C16H23N3O2. The van der Waals surface area contributed by atoms with E-state index < -0.39 is 0 Å². The molecule has 0 radical (unpaired) electrons. The van der Waals surface area contributed by atoms with Gasteiger partial charge in [-0.3, -0.25) is 0 Å². The number of nitrogens with one attached hydrogen (secondary N) is 1. The van der Waals surface area contributed by atoms with Gasteiger partial charge in [-0.2, -0.15) is 5.10 Å². The average molecular weight is 289 g/mol. The SMILES string of the molecule is CCCNC(c1ccnn1-c1ccccc1)C(OC)OC.